The number of hydrogen-bond acceptors (Lipinski definition) is 4. The Hall–Kier alpha value is -3.29. The van der Waals surface area contributed by atoms with E-state index < -0.39 is 5.91 Å². The second-order valence-electron chi connectivity index (χ2n) is 6.38. The number of nitrogens with one attached hydrogen (secondary N) is 2. The average Bonchev–Trinajstić information content (AvgIpc) is 3.30. The maximum absolute atomic E-state index is 13.1. The van der Waals surface area contributed by atoms with Gasteiger partial charge in [-0.25, -0.2) is 0 Å². The van der Waals surface area contributed by atoms with Crippen LogP contribution in [0, 0.1) is 0 Å². The lowest BCUT2D eigenvalue weighted by Crippen LogP contribution is -2.30. The minimum absolute atomic E-state index is 0.142. The third-order valence-electron chi connectivity index (χ3n) is 4.30. The van der Waals surface area contributed by atoms with Gasteiger partial charge < -0.3 is 10.6 Å². The van der Waals surface area contributed by atoms with Gasteiger partial charge in [0, 0.05) is 16.1 Å². The minimum Gasteiger partial charge on any atom is -0.319 e. The molecule has 0 spiro atoms. The Balaban J connectivity index is 1.66. The molecule has 0 fully saturated rings. The molecule has 0 bridgehead atoms. The zero-order chi connectivity index (χ0) is 20.9. The fourth-order valence-electron chi connectivity index (χ4n) is 2.87. The largest absolute Gasteiger partial charge is 0.319 e. The first-order valence-electron chi connectivity index (χ1n) is 9.07. The van der Waals surface area contributed by atoms with Crippen LogP contribution in [0.1, 0.15) is 15.2 Å². The Labute approximate surface area is 185 Å². The molecule has 4 rings (SSSR count). The summed E-state index contributed by atoms with van der Waals surface area (Å²) in [5, 5.41) is 8.34. The maximum Gasteiger partial charge on any atom is 0.272 e. The number of para-hydroxylation sites is 1. The molecule has 0 saturated carbocycles. The standard InChI is InChI=1S/C23H16BrN3O2S/c24-17-10-8-15(9-11-17)14-19(27-23(29)20-7-3-13-30-20)22(28)26-18-6-1-4-16-5-2-12-25-21(16)18/h1-14H,(H,26,28)(H,27,29). The predicted octanol–water partition coefficient (Wildman–Crippen LogP) is 5.47. The number of nitrogens with zero attached hydrogens (tertiary/aromatic N) is 1. The van der Waals surface area contributed by atoms with Crippen molar-refractivity contribution in [2.45, 2.75) is 0 Å². The molecule has 0 saturated heterocycles. The Kier molecular flexibility index (Phi) is 6.02. The van der Waals surface area contributed by atoms with Gasteiger partial charge in [0.1, 0.15) is 5.70 Å². The number of amides is 2. The summed E-state index contributed by atoms with van der Waals surface area (Å²) in [6.45, 7) is 0. The van der Waals surface area contributed by atoms with Crippen LogP contribution in [-0.4, -0.2) is 16.8 Å². The third kappa shape index (κ3) is 4.64. The van der Waals surface area contributed by atoms with Crippen LogP contribution in [0.25, 0.3) is 17.0 Å². The van der Waals surface area contributed by atoms with Crippen LogP contribution < -0.4 is 10.6 Å². The van der Waals surface area contributed by atoms with E-state index in [1.165, 1.54) is 11.3 Å². The van der Waals surface area contributed by atoms with Gasteiger partial charge in [0.15, 0.2) is 0 Å². The number of hydrogen-bond donors (Lipinski definition) is 2. The van der Waals surface area contributed by atoms with Crippen molar-refractivity contribution in [2.75, 3.05) is 5.32 Å². The lowest BCUT2D eigenvalue weighted by atomic mass is 10.1. The van der Waals surface area contributed by atoms with Crippen LogP contribution in [0.3, 0.4) is 0 Å². The molecule has 2 amide bonds. The molecule has 30 heavy (non-hydrogen) atoms. The first-order chi connectivity index (χ1) is 14.6. The zero-order valence-corrected chi connectivity index (χ0v) is 18.0. The summed E-state index contributed by atoms with van der Waals surface area (Å²) in [5.74, 6) is -0.763. The molecule has 2 heterocycles. The molecule has 7 heteroatoms. The van der Waals surface area contributed by atoms with Crippen molar-refractivity contribution in [3.63, 3.8) is 0 Å². The number of halogens is 1. The normalized spacial score (nSPS) is 11.3. The molecule has 2 N–H and O–H groups in total. The first kappa shape index (κ1) is 20.0. The second kappa shape index (κ2) is 9.02. The van der Waals surface area contributed by atoms with E-state index in [2.05, 4.69) is 31.5 Å². The Bertz CT molecular complexity index is 1230. The van der Waals surface area contributed by atoms with E-state index in [0.717, 1.165) is 15.4 Å². The van der Waals surface area contributed by atoms with Crippen molar-refractivity contribution in [2.24, 2.45) is 0 Å². The summed E-state index contributed by atoms with van der Waals surface area (Å²) in [7, 11) is 0. The summed E-state index contributed by atoms with van der Waals surface area (Å²) in [5.41, 5.74) is 2.18. The second-order valence-corrected chi connectivity index (χ2v) is 8.24. The summed E-state index contributed by atoms with van der Waals surface area (Å²) >= 11 is 4.71. The van der Waals surface area contributed by atoms with Crippen LogP contribution in [0.4, 0.5) is 5.69 Å². The monoisotopic (exact) mass is 477 g/mol. The molecule has 0 aliphatic carbocycles. The number of rotatable bonds is 5. The Morgan fingerprint density at radius 3 is 2.53 bits per heavy atom. The number of anilines is 1. The molecular weight excluding hydrogens is 462 g/mol. The van der Waals surface area contributed by atoms with E-state index in [1.807, 2.05) is 53.9 Å². The molecule has 0 unspecified atom stereocenters. The van der Waals surface area contributed by atoms with E-state index in [0.29, 0.717) is 16.1 Å². The predicted molar refractivity (Wildman–Crippen MR) is 124 cm³/mol. The average molecular weight is 478 g/mol. The van der Waals surface area contributed by atoms with Crippen LogP contribution in [-0.2, 0) is 4.79 Å². The lowest BCUT2D eigenvalue weighted by Gasteiger charge is -2.12. The fraction of sp³-hybridized carbons (Fsp3) is 0. The van der Waals surface area contributed by atoms with E-state index in [9.17, 15) is 9.59 Å². The molecule has 0 aliphatic heterocycles. The van der Waals surface area contributed by atoms with Gasteiger partial charge in [-0.2, -0.15) is 0 Å². The van der Waals surface area contributed by atoms with E-state index in [1.54, 1.807) is 30.5 Å². The van der Waals surface area contributed by atoms with Crippen molar-refractivity contribution >= 4 is 61.7 Å². The van der Waals surface area contributed by atoms with Gasteiger partial charge in [-0.05, 0) is 47.4 Å². The van der Waals surface area contributed by atoms with Crippen LogP contribution in [0.2, 0.25) is 0 Å². The molecule has 148 valence electrons. The van der Waals surface area contributed by atoms with Gasteiger partial charge in [-0.1, -0.05) is 52.3 Å². The molecular formula is C23H16BrN3O2S. The number of benzene rings is 2. The molecule has 0 aliphatic rings. The number of carbonyl (C=O) groups is 2. The maximum atomic E-state index is 13.1. The summed E-state index contributed by atoms with van der Waals surface area (Å²) < 4.78 is 0.926. The van der Waals surface area contributed by atoms with E-state index >= 15 is 0 Å². The van der Waals surface area contributed by atoms with Crippen molar-refractivity contribution in [3.8, 4) is 0 Å². The number of fused-ring (bicyclic) bond motifs is 1. The Morgan fingerprint density at radius 1 is 0.967 bits per heavy atom. The van der Waals surface area contributed by atoms with E-state index in [4.69, 9.17) is 0 Å². The van der Waals surface area contributed by atoms with E-state index in [-0.39, 0.29) is 11.6 Å². The zero-order valence-electron chi connectivity index (χ0n) is 15.6. The van der Waals surface area contributed by atoms with Gasteiger partial charge >= 0.3 is 0 Å². The number of carbonyl (C=O) groups excluding carboxylic acids is 2. The third-order valence-corrected chi connectivity index (χ3v) is 5.70. The van der Waals surface area contributed by atoms with Gasteiger partial charge in [-0.15, -0.1) is 11.3 Å². The Morgan fingerprint density at radius 2 is 1.77 bits per heavy atom. The summed E-state index contributed by atoms with van der Waals surface area (Å²) in [4.78, 5) is 30.6. The van der Waals surface area contributed by atoms with Gasteiger partial charge in [-0.3, -0.25) is 14.6 Å². The highest BCUT2D eigenvalue weighted by Crippen LogP contribution is 2.22. The van der Waals surface area contributed by atoms with Crippen molar-refractivity contribution in [1.29, 1.82) is 0 Å². The lowest BCUT2D eigenvalue weighted by molar-refractivity contribution is -0.113. The first-order valence-corrected chi connectivity index (χ1v) is 10.7. The molecule has 2 aromatic heterocycles. The quantitative estimate of drug-likeness (QED) is 0.374. The highest BCUT2D eigenvalue weighted by Gasteiger charge is 2.16. The fourth-order valence-corrected chi connectivity index (χ4v) is 3.75. The van der Waals surface area contributed by atoms with Crippen molar-refractivity contribution in [1.82, 2.24) is 10.3 Å². The molecule has 0 radical (unpaired) electrons. The highest BCUT2D eigenvalue weighted by atomic mass is 79.9. The van der Waals surface area contributed by atoms with Crippen LogP contribution in [0.15, 0.2) is 88.5 Å². The van der Waals surface area contributed by atoms with Crippen LogP contribution >= 0.6 is 27.3 Å². The molecule has 0 atom stereocenters. The summed E-state index contributed by atoms with van der Waals surface area (Å²) in [6.07, 6.45) is 3.32. The summed E-state index contributed by atoms with van der Waals surface area (Å²) in [6, 6.07) is 20.3. The molecule has 5 nitrogen and oxygen atoms in total. The van der Waals surface area contributed by atoms with Gasteiger partial charge in [0.2, 0.25) is 0 Å². The smallest absolute Gasteiger partial charge is 0.272 e. The van der Waals surface area contributed by atoms with Gasteiger partial charge in [0.25, 0.3) is 11.8 Å². The van der Waals surface area contributed by atoms with Crippen molar-refractivity contribution in [3.05, 3.63) is 98.9 Å². The van der Waals surface area contributed by atoms with Gasteiger partial charge in [0.05, 0.1) is 16.1 Å². The number of thiophene rings is 1. The minimum atomic E-state index is -0.430. The SMILES string of the molecule is O=C(Nc1cccc2cccnc12)C(=Cc1ccc(Br)cc1)NC(=O)c1cccs1. The number of pyridine rings is 1. The van der Waals surface area contributed by atoms with Crippen LogP contribution in [0.5, 0.6) is 0 Å². The topological polar surface area (TPSA) is 71.1 Å². The molecule has 2 aromatic carbocycles. The van der Waals surface area contributed by atoms with Crippen molar-refractivity contribution < 1.29 is 9.59 Å². The highest BCUT2D eigenvalue weighted by molar-refractivity contribution is 9.10. The molecule has 4 aromatic rings. The number of aromatic nitrogens is 1.